The lowest BCUT2D eigenvalue weighted by atomic mass is 10.0. The number of hydrogen-bond donors (Lipinski definition) is 2. The van der Waals surface area contributed by atoms with Crippen LogP contribution in [0.15, 0.2) is 17.1 Å². The normalized spacial score (nSPS) is 19.5. The summed E-state index contributed by atoms with van der Waals surface area (Å²) >= 11 is 0. The molecule has 0 saturated heterocycles. The van der Waals surface area contributed by atoms with Gasteiger partial charge in [-0.2, -0.15) is 5.10 Å². The third kappa shape index (κ3) is 3.61. The smallest absolute Gasteiger partial charge is 0.273 e. The third-order valence-electron chi connectivity index (χ3n) is 6.47. The lowest BCUT2D eigenvalue weighted by Crippen LogP contribution is -2.15. The van der Waals surface area contributed by atoms with E-state index in [2.05, 4.69) is 19.9 Å². The summed E-state index contributed by atoms with van der Waals surface area (Å²) < 4.78 is 7.55. The molecule has 8 heteroatoms. The van der Waals surface area contributed by atoms with Gasteiger partial charge in [0, 0.05) is 30.7 Å². The molecule has 2 aliphatic rings. The number of hydrogen-bond acceptors (Lipinski definition) is 5. The van der Waals surface area contributed by atoms with Crippen molar-refractivity contribution in [2.75, 3.05) is 13.7 Å². The van der Waals surface area contributed by atoms with Gasteiger partial charge in [0.2, 0.25) is 0 Å². The highest BCUT2D eigenvalue weighted by Crippen LogP contribution is 2.48. The van der Waals surface area contributed by atoms with E-state index in [-0.39, 0.29) is 11.0 Å². The van der Waals surface area contributed by atoms with Gasteiger partial charge in [-0.05, 0) is 31.7 Å². The van der Waals surface area contributed by atoms with Crippen molar-refractivity contribution in [3.05, 3.63) is 28.4 Å². The van der Waals surface area contributed by atoms with Gasteiger partial charge in [-0.3, -0.25) is 15.0 Å². The Hall–Kier alpha value is -2.48. The SMILES string of the molecule is COCC1(Cc2nc(-c3cnc4[nH][nH]c(=O)c4c3)n(C3CCCCCC3)n2)CC1. The van der Waals surface area contributed by atoms with E-state index in [0.717, 1.165) is 43.1 Å². The number of aromatic nitrogens is 6. The summed E-state index contributed by atoms with van der Waals surface area (Å²) in [6.07, 6.45) is 12.2. The molecule has 0 aliphatic heterocycles. The second kappa shape index (κ2) is 7.40. The van der Waals surface area contributed by atoms with Gasteiger partial charge in [-0.1, -0.05) is 25.7 Å². The predicted molar refractivity (Wildman–Crippen MR) is 110 cm³/mol. The van der Waals surface area contributed by atoms with Crippen molar-refractivity contribution in [2.45, 2.75) is 63.8 Å². The van der Waals surface area contributed by atoms with Crippen LogP contribution in [-0.4, -0.2) is 43.7 Å². The van der Waals surface area contributed by atoms with Crippen molar-refractivity contribution >= 4 is 11.0 Å². The molecule has 0 amide bonds. The van der Waals surface area contributed by atoms with Crippen molar-refractivity contribution in [3.63, 3.8) is 0 Å². The standard InChI is InChI=1S/C21H28N6O2/c1-29-13-21(8-9-21)11-17-23-19(27(26-17)15-6-4-2-3-5-7-15)14-10-16-18(22-12-14)24-25-20(16)28/h10,12,15H,2-9,11,13H2,1H3,(H2,22,24,25,28). The fourth-order valence-corrected chi connectivity index (χ4v) is 4.63. The Bertz CT molecular complexity index is 1050. The minimum Gasteiger partial charge on any atom is -0.384 e. The van der Waals surface area contributed by atoms with Gasteiger partial charge in [-0.15, -0.1) is 0 Å². The van der Waals surface area contributed by atoms with Crippen LogP contribution in [0.5, 0.6) is 0 Å². The summed E-state index contributed by atoms with van der Waals surface area (Å²) in [6.45, 7) is 0.756. The second-order valence-corrected chi connectivity index (χ2v) is 8.75. The first-order chi connectivity index (χ1) is 14.2. The predicted octanol–water partition coefficient (Wildman–Crippen LogP) is 3.37. The number of ether oxygens (including phenoxy) is 1. The maximum absolute atomic E-state index is 12.1. The third-order valence-corrected chi connectivity index (χ3v) is 6.47. The van der Waals surface area contributed by atoms with Gasteiger partial charge in [0.05, 0.1) is 18.0 Å². The molecule has 154 valence electrons. The Kier molecular flexibility index (Phi) is 4.73. The zero-order chi connectivity index (χ0) is 19.8. The molecule has 0 unspecified atom stereocenters. The Morgan fingerprint density at radius 1 is 1.21 bits per heavy atom. The first-order valence-electron chi connectivity index (χ1n) is 10.7. The van der Waals surface area contributed by atoms with E-state index in [1.807, 2.05) is 6.07 Å². The molecular weight excluding hydrogens is 368 g/mol. The second-order valence-electron chi connectivity index (χ2n) is 8.75. The topological polar surface area (TPSA) is 101 Å². The minimum atomic E-state index is -0.160. The molecule has 3 heterocycles. The molecule has 0 spiro atoms. The van der Waals surface area contributed by atoms with E-state index in [4.69, 9.17) is 14.8 Å². The number of pyridine rings is 1. The fourth-order valence-electron chi connectivity index (χ4n) is 4.63. The number of H-pyrrole nitrogens is 2. The average Bonchev–Trinajstić information content (AvgIpc) is 3.32. The van der Waals surface area contributed by atoms with Crippen LogP contribution in [0.3, 0.4) is 0 Å². The molecule has 3 aromatic heterocycles. The van der Waals surface area contributed by atoms with Crippen molar-refractivity contribution in [1.82, 2.24) is 29.9 Å². The molecular formula is C21H28N6O2. The summed E-state index contributed by atoms with van der Waals surface area (Å²) in [5, 5.41) is 10.9. The Morgan fingerprint density at radius 3 is 2.72 bits per heavy atom. The van der Waals surface area contributed by atoms with E-state index in [9.17, 15) is 4.79 Å². The Labute approximate surface area is 169 Å². The summed E-state index contributed by atoms with van der Waals surface area (Å²) in [5.41, 5.74) is 1.45. The van der Waals surface area contributed by atoms with Crippen molar-refractivity contribution < 1.29 is 4.74 Å². The molecule has 0 radical (unpaired) electrons. The summed E-state index contributed by atoms with van der Waals surface area (Å²) in [6, 6.07) is 2.23. The Morgan fingerprint density at radius 2 is 2.00 bits per heavy atom. The van der Waals surface area contributed by atoms with Gasteiger partial charge in [-0.25, -0.2) is 14.6 Å². The lowest BCUT2D eigenvalue weighted by Gasteiger charge is -2.17. The molecule has 29 heavy (non-hydrogen) atoms. The first kappa shape index (κ1) is 18.5. The molecule has 5 rings (SSSR count). The van der Waals surface area contributed by atoms with Crippen LogP contribution in [0, 0.1) is 5.41 Å². The number of nitrogens with one attached hydrogen (secondary N) is 2. The average molecular weight is 396 g/mol. The monoisotopic (exact) mass is 396 g/mol. The molecule has 2 N–H and O–H groups in total. The zero-order valence-electron chi connectivity index (χ0n) is 16.9. The minimum absolute atomic E-state index is 0.160. The van der Waals surface area contributed by atoms with E-state index >= 15 is 0 Å². The maximum Gasteiger partial charge on any atom is 0.273 e. The highest BCUT2D eigenvalue weighted by atomic mass is 16.5. The van der Waals surface area contributed by atoms with Crippen LogP contribution in [0.4, 0.5) is 0 Å². The van der Waals surface area contributed by atoms with Gasteiger partial charge < -0.3 is 4.74 Å². The summed E-state index contributed by atoms with van der Waals surface area (Å²) in [4.78, 5) is 21.5. The molecule has 0 aromatic carbocycles. The number of methoxy groups -OCH3 is 1. The largest absolute Gasteiger partial charge is 0.384 e. The maximum atomic E-state index is 12.1. The summed E-state index contributed by atoms with van der Waals surface area (Å²) in [7, 11) is 1.76. The van der Waals surface area contributed by atoms with Gasteiger partial charge in [0.25, 0.3) is 5.56 Å². The summed E-state index contributed by atoms with van der Waals surface area (Å²) in [5.74, 6) is 1.71. The molecule has 0 atom stereocenters. The van der Waals surface area contributed by atoms with E-state index in [1.165, 1.54) is 38.5 Å². The van der Waals surface area contributed by atoms with Crippen molar-refractivity contribution in [1.29, 1.82) is 0 Å². The molecule has 0 bridgehead atoms. The van der Waals surface area contributed by atoms with E-state index in [0.29, 0.717) is 17.1 Å². The molecule has 2 fully saturated rings. The lowest BCUT2D eigenvalue weighted by molar-refractivity contribution is 0.140. The highest BCUT2D eigenvalue weighted by Gasteiger charge is 2.44. The van der Waals surface area contributed by atoms with Crippen molar-refractivity contribution in [2.24, 2.45) is 5.41 Å². The molecule has 8 nitrogen and oxygen atoms in total. The Balaban J connectivity index is 1.55. The number of rotatable bonds is 6. The van der Waals surface area contributed by atoms with Gasteiger partial charge in [0.15, 0.2) is 17.3 Å². The number of aromatic amines is 2. The van der Waals surface area contributed by atoms with Gasteiger partial charge >= 0.3 is 0 Å². The van der Waals surface area contributed by atoms with Crippen LogP contribution in [-0.2, 0) is 11.2 Å². The quantitative estimate of drug-likeness (QED) is 0.622. The van der Waals surface area contributed by atoms with Crippen LogP contribution >= 0.6 is 0 Å². The molecule has 2 aliphatic carbocycles. The van der Waals surface area contributed by atoms with Crippen LogP contribution < -0.4 is 5.56 Å². The van der Waals surface area contributed by atoms with Gasteiger partial charge in [0.1, 0.15) is 0 Å². The number of nitrogens with zero attached hydrogens (tertiary/aromatic N) is 4. The van der Waals surface area contributed by atoms with Crippen LogP contribution in [0.25, 0.3) is 22.4 Å². The van der Waals surface area contributed by atoms with Crippen LogP contribution in [0.1, 0.15) is 63.2 Å². The zero-order valence-corrected chi connectivity index (χ0v) is 16.9. The first-order valence-corrected chi connectivity index (χ1v) is 10.7. The fraction of sp³-hybridized carbons (Fsp3) is 0.619. The molecule has 3 aromatic rings. The highest BCUT2D eigenvalue weighted by molar-refractivity contribution is 5.78. The van der Waals surface area contributed by atoms with E-state index < -0.39 is 0 Å². The van der Waals surface area contributed by atoms with Crippen molar-refractivity contribution in [3.8, 4) is 11.4 Å². The van der Waals surface area contributed by atoms with Crippen LogP contribution in [0.2, 0.25) is 0 Å². The van der Waals surface area contributed by atoms with E-state index in [1.54, 1.807) is 13.3 Å². The molecule has 2 saturated carbocycles. The number of fused-ring (bicyclic) bond motifs is 1.